The number of hydrogen-bond acceptors (Lipinski definition) is 2. The van der Waals surface area contributed by atoms with Crippen LogP contribution in [-0.4, -0.2) is 41.5 Å². The van der Waals surface area contributed by atoms with Crippen molar-refractivity contribution in [3.8, 4) is 0 Å². The van der Waals surface area contributed by atoms with E-state index in [1.165, 1.54) is 0 Å². The molecule has 1 fully saturated rings. The summed E-state index contributed by atoms with van der Waals surface area (Å²) in [5.74, 6) is -0.209. The molecule has 1 N–H and O–H groups in total. The zero-order valence-electron chi connectivity index (χ0n) is 11.6. The van der Waals surface area contributed by atoms with Crippen molar-refractivity contribution in [2.24, 2.45) is 5.92 Å². The maximum atomic E-state index is 12.4. The molecule has 104 valence electrons. The number of carbonyl (C=O) groups is 2. The Kier molecular flexibility index (Phi) is 4.71. The number of halogens is 1. The van der Waals surface area contributed by atoms with Crippen LogP contribution in [0.2, 0.25) is 0 Å². The van der Waals surface area contributed by atoms with Crippen LogP contribution in [0.3, 0.4) is 0 Å². The monoisotopic (exact) mass is 258 g/mol. The van der Waals surface area contributed by atoms with Crippen molar-refractivity contribution < 1.29 is 14.0 Å². The van der Waals surface area contributed by atoms with Gasteiger partial charge >= 0.3 is 0 Å². The van der Waals surface area contributed by atoms with Gasteiger partial charge in [0.2, 0.25) is 11.8 Å². The van der Waals surface area contributed by atoms with E-state index in [-0.39, 0.29) is 24.2 Å². The van der Waals surface area contributed by atoms with E-state index in [2.05, 4.69) is 5.32 Å². The molecule has 1 heterocycles. The average molecular weight is 258 g/mol. The van der Waals surface area contributed by atoms with Gasteiger partial charge in [0, 0.05) is 6.54 Å². The third-order valence-electron chi connectivity index (χ3n) is 3.61. The van der Waals surface area contributed by atoms with Gasteiger partial charge in [-0.3, -0.25) is 14.0 Å². The predicted molar refractivity (Wildman–Crippen MR) is 67.8 cm³/mol. The number of nitrogens with zero attached hydrogens (tertiary/aromatic N) is 1. The molecule has 0 radical (unpaired) electrons. The lowest BCUT2D eigenvalue weighted by Crippen LogP contribution is -2.70. The highest BCUT2D eigenvalue weighted by molar-refractivity contribution is 5.99. The van der Waals surface area contributed by atoms with E-state index in [1.807, 2.05) is 20.8 Å². The van der Waals surface area contributed by atoms with E-state index in [9.17, 15) is 14.0 Å². The summed E-state index contributed by atoms with van der Waals surface area (Å²) >= 11 is 0. The Morgan fingerprint density at radius 2 is 2.06 bits per heavy atom. The van der Waals surface area contributed by atoms with Crippen LogP contribution in [0.5, 0.6) is 0 Å². The van der Waals surface area contributed by atoms with Gasteiger partial charge in [-0.05, 0) is 25.7 Å². The van der Waals surface area contributed by atoms with Gasteiger partial charge in [-0.1, -0.05) is 20.8 Å². The van der Waals surface area contributed by atoms with Crippen LogP contribution in [0.15, 0.2) is 0 Å². The third kappa shape index (κ3) is 2.65. The summed E-state index contributed by atoms with van der Waals surface area (Å²) < 4.78 is 12.3. The molecule has 1 saturated heterocycles. The third-order valence-corrected chi connectivity index (χ3v) is 3.61. The van der Waals surface area contributed by atoms with Crippen LogP contribution < -0.4 is 5.32 Å². The maximum absolute atomic E-state index is 12.4. The average Bonchev–Trinajstić information content (AvgIpc) is 2.31. The number of piperazine rings is 1. The van der Waals surface area contributed by atoms with Crippen molar-refractivity contribution in [2.75, 3.05) is 13.2 Å². The number of carbonyl (C=O) groups excluding carboxylic acids is 2. The van der Waals surface area contributed by atoms with Crippen molar-refractivity contribution in [3.05, 3.63) is 0 Å². The standard InChI is InChI=1S/C13H23FN2O2/c1-5-13(4)12(18)16(8-6-7-14)10(9(2)3)11(17)15-13/h9-10H,5-8H2,1-4H3,(H,15,17). The molecule has 0 aromatic rings. The molecule has 1 rings (SSSR count). The molecule has 1 aliphatic rings. The molecule has 0 saturated carbocycles. The van der Waals surface area contributed by atoms with E-state index < -0.39 is 18.3 Å². The number of alkyl halides is 1. The molecule has 18 heavy (non-hydrogen) atoms. The van der Waals surface area contributed by atoms with Crippen molar-refractivity contribution in [3.63, 3.8) is 0 Å². The molecule has 2 amide bonds. The Hall–Kier alpha value is -1.13. The van der Waals surface area contributed by atoms with Gasteiger partial charge in [0.1, 0.15) is 11.6 Å². The van der Waals surface area contributed by atoms with Gasteiger partial charge in [-0.25, -0.2) is 0 Å². The van der Waals surface area contributed by atoms with Gasteiger partial charge < -0.3 is 10.2 Å². The molecule has 0 bridgehead atoms. The second-order valence-electron chi connectivity index (χ2n) is 5.40. The summed E-state index contributed by atoms with van der Waals surface area (Å²) in [5, 5.41) is 2.81. The Morgan fingerprint density at radius 1 is 1.44 bits per heavy atom. The molecule has 4 nitrogen and oxygen atoms in total. The zero-order valence-corrected chi connectivity index (χ0v) is 11.6. The highest BCUT2D eigenvalue weighted by Crippen LogP contribution is 2.25. The first-order chi connectivity index (χ1) is 8.37. The van der Waals surface area contributed by atoms with E-state index in [4.69, 9.17) is 0 Å². The van der Waals surface area contributed by atoms with Crippen LogP contribution in [-0.2, 0) is 9.59 Å². The molecule has 0 aromatic heterocycles. The molecule has 0 aliphatic carbocycles. The minimum absolute atomic E-state index is 0.0231. The fourth-order valence-corrected chi connectivity index (χ4v) is 2.36. The van der Waals surface area contributed by atoms with Gasteiger partial charge in [0.25, 0.3) is 0 Å². The van der Waals surface area contributed by atoms with Crippen LogP contribution in [0.1, 0.15) is 40.5 Å². The summed E-state index contributed by atoms with van der Waals surface area (Å²) in [6.07, 6.45) is 0.816. The summed E-state index contributed by atoms with van der Waals surface area (Å²) in [7, 11) is 0. The minimum atomic E-state index is -0.848. The topological polar surface area (TPSA) is 49.4 Å². The summed E-state index contributed by atoms with van der Waals surface area (Å²) in [6.45, 7) is 7.22. The Morgan fingerprint density at radius 3 is 2.50 bits per heavy atom. The first-order valence-corrected chi connectivity index (χ1v) is 6.56. The lowest BCUT2D eigenvalue weighted by molar-refractivity contribution is -0.156. The summed E-state index contributed by atoms with van der Waals surface area (Å²) in [4.78, 5) is 26.1. The second kappa shape index (κ2) is 5.67. The van der Waals surface area contributed by atoms with Gasteiger partial charge in [-0.15, -0.1) is 0 Å². The highest BCUT2D eigenvalue weighted by atomic mass is 19.1. The number of nitrogens with one attached hydrogen (secondary N) is 1. The Labute approximate surface area is 108 Å². The number of amides is 2. The van der Waals surface area contributed by atoms with Crippen molar-refractivity contribution in [1.29, 1.82) is 0 Å². The van der Waals surface area contributed by atoms with Gasteiger partial charge in [-0.2, -0.15) is 0 Å². The minimum Gasteiger partial charge on any atom is -0.340 e. The highest BCUT2D eigenvalue weighted by Gasteiger charge is 2.47. The normalized spacial score (nSPS) is 28.8. The molecule has 5 heteroatoms. The van der Waals surface area contributed by atoms with E-state index >= 15 is 0 Å². The lowest BCUT2D eigenvalue weighted by Gasteiger charge is -2.45. The fourth-order valence-electron chi connectivity index (χ4n) is 2.36. The van der Waals surface area contributed by atoms with Crippen LogP contribution in [0, 0.1) is 5.92 Å². The van der Waals surface area contributed by atoms with Crippen LogP contribution in [0.25, 0.3) is 0 Å². The first-order valence-electron chi connectivity index (χ1n) is 6.56. The molecule has 0 spiro atoms. The molecule has 0 aromatic carbocycles. The fraction of sp³-hybridized carbons (Fsp3) is 0.846. The van der Waals surface area contributed by atoms with E-state index in [1.54, 1.807) is 11.8 Å². The van der Waals surface area contributed by atoms with Crippen LogP contribution in [0.4, 0.5) is 4.39 Å². The van der Waals surface area contributed by atoms with Gasteiger partial charge in [0.05, 0.1) is 6.67 Å². The second-order valence-corrected chi connectivity index (χ2v) is 5.40. The molecule has 2 unspecified atom stereocenters. The SMILES string of the molecule is CCC1(C)NC(=O)C(C(C)C)N(CCCF)C1=O. The number of hydrogen-bond donors (Lipinski definition) is 1. The Balaban J connectivity index is 3.01. The van der Waals surface area contributed by atoms with Crippen LogP contribution >= 0.6 is 0 Å². The molecule has 2 atom stereocenters. The van der Waals surface area contributed by atoms with Crippen molar-refractivity contribution in [2.45, 2.75) is 52.1 Å². The summed E-state index contributed by atoms with van der Waals surface area (Å²) in [5.41, 5.74) is -0.848. The molecular formula is C13H23FN2O2. The van der Waals surface area contributed by atoms with Crippen molar-refractivity contribution in [1.82, 2.24) is 10.2 Å². The quantitative estimate of drug-likeness (QED) is 0.812. The molecule has 1 aliphatic heterocycles. The van der Waals surface area contributed by atoms with Gasteiger partial charge in [0.15, 0.2) is 0 Å². The Bertz CT molecular complexity index is 333. The maximum Gasteiger partial charge on any atom is 0.248 e. The lowest BCUT2D eigenvalue weighted by atomic mass is 9.88. The number of rotatable bonds is 5. The first kappa shape index (κ1) is 14.9. The summed E-state index contributed by atoms with van der Waals surface area (Å²) in [6, 6.07) is -0.483. The smallest absolute Gasteiger partial charge is 0.248 e. The largest absolute Gasteiger partial charge is 0.340 e. The molecular weight excluding hydrogens is 235 g/mol. The van der Waals surface area contributed by atoms with Crippen molar-refractivity contribution >= 4 is 11.8 Å². The van der Waals surface area contributed by atoms with E-state index in [0.29, 0.717) is 13.0 Å². The predicted octanol–water partition coefficient (Wildman–Crippen LogP) is 1.50. The zero-order chi connectivity index (χ0) is 13.9. The van der Waals surface area contributed by atoms with E-state index in [0.717, 1.165) is 0 Å².